The molecule has 20 heavy (non-hydrogen) atoms. The van der Waals surface area contributed by atoms with E-state index in [0.717, 1.165) is 22.3 Å². The molecular weight excluding hydrogens is 249 g/mol. The van der Waals surface area contributed by atoms with Crippen LogP contribution in [0.25, 0.3) is 11.1 Å². The molecule has 0 aliphatic heterocycles. The summed E-state index contributed by atoms with van der Waals surface area (Å²) in [6, 6.07) is 5.29. The van der Waals surface area contributed by atoms with Crippen LogP contribution in [0.3, 0.4) is 0 Å². The summed E-state index contributed by atoms with van der Waals surface area (Å²) in [5, 5.41) is 0. The Kier molecular flexibility index (Phi) is 3.96. The first-order valence-corrected chi connectivity index (χ1v) is 6.94. The van der Waals surface area contributed by atoms with E-state index in [0.29, 0.717) is 12.1 Å². The van der Waals surface area contributed by atoms with Crippen LogP contribution in [-0.2, 0) is 6.54 Å². The van der Waals surface area contributed by atoms with Gasteiger partial charge in [-0.1, -0.05) is 12.1 Å². The van der Waals surface area contributed by atoms with Gasteiger partial charge in [-0.2, -0.15) is 0 Å². The smallest absolute Gasteiger partial charge is 0.131 e. The lowest BCUT2D eigenvalue weighted by molar-refractivity contribution is 0.628. The second kappa shape index (κ2) is 5.37. The van der Waals surface area contributed by atoms with Crippen LogP contribution in [0.5, 0.6) is 0 Å². The molecule has 2 rings (SSSR count). The highest BCUT2D eigenvalue weighted by atomic mass is 19.1. The van der Waals surface area contributed by atoms with Crippen LogP contribution in [0.1, 0.15) is 33.4 Å². The molecule has 0 saturated carbocycles. The van der Waals surface area contributed by atoms with Gasteiger partial charge in [-0.05, 0) is 79.6 Å². The molecule has 2 aromatic carbocycles. The van der Waals surface area contributed by atoms with Gasteiger partial charge in [0.2, 0.25) is 0 Å². The molecular formula is C18H22FN. The van der Waals surface area contributed by atoms with Crippen molar-refractivity contribution in [1.82, 2.24) is 0 Å². The molecule has 1 nitrogen and oxygen atoms in total. The molecule has 0 heterocycles. The van der Waals surface area contributed by atoms with E-state index in [4.69, 9.17) is 5.73 Å². The Balaban J connectivity index is 2.76. The summed E-state index contributed by atoms with van der Waals surface area (Å²) >= 11 is 0. The van der Waals surface area contributed by atoms with E-state index in [2.05, 4.69) is 34.6 Å². The SMILES string of the molecule is Cc1c(C)c(C)c(-c2ccc(CN)cc2F)c(C)c1C. The normalized spacial score (nSPS) is 10.9. The first-order chi connectivity index (χ1) is 9.38. The van der Waals surface area contributed by atoms with E-state index < -0.39 is 0 Å². The number of hydrogen-bond donors (Lipinski definition) is 1. The summed E-state index contributed by atoms with van der Waals surface area (Å²) in [5.41, 5.74) is 14.2. The van der Waals surface area contributed by atoms with Gasteiger partial charge in [0.05, 0.1) is 0 Å². The summed E-state index contributed by atoms with van der Waals surface area (Å²) in [4.78, 5) is 0. The quantitative estimate of drug-likeness (QED) is 0.855. The molecule has 0 saturated heterocycles. The lowest BCUT2D eigenvalue weighted by Gasteiger charge is -2.19. The van der Waals surface area contributed by atoms with E-state index in [9.17, 15) is 4.39 Å². The predicted molar refractivity (Wildman–Crippen MR) is 83.4 cm³/mol. The molecule has 0 aromatic heterocycles. The summed E-state index contributed by atoms with van der Waals surface area (Å²) in [7, 11) is 0. The first-order valence-electron chi connectivity index (χ1n) is 6.94. The van der Waals surface area contributed by atoms with E-state index >= 15 is 0 Å². The molecule has 0 aliphatic rings. The van der Waals surface area contributed by atoms with Crippen LogP contribution < -0.4 is 5.73 Å². The Bertz CT molecular complexity index is 643. The molecule has 0 atom stereocenters. The first kappa shape index (κ1) is 14.7. The van der Waals surface area contributed by atoms with Crippen LogP contribution in [0.2, 0.25) is 0 Å². The highest BCUT2D eigenvalue weighted by Gasteiger charge is 2.16. The van der Waals surface area contributed by atoms with Crippen molar-refractivity contribution in [3.63, 3.8) is 0 Å². The van der Waals surface area contributed by atoms with Crippen molar-refractivity contribution in [3.05, 3.63) is 57.4 Å². The molecule has 0 unspecified atom stereocenters. The van der Waals surface area contributed by atoms with Gasteiger partial charge in [0.15, 0.2) is 0 Å². The fourth-order valence-electron chi connectivity index (χ4n) is 2.79. The number of rotatable bonds is 2. The molecule has 0 spiro atoms. The summed E-state index contributed by atoms with van der Waals surface area (Å²) in [5.74, 6) is -0.193. The zero-order valence-electron chi connectivity index (χ0n) is 12.9. The Morgan fingerprint density at radius 1 is 0.850 bits per heavy atom. The maximum absolute atomic E-state index is 14.4. The average Bonchev–Trinajstić information content (AvgIpc) is 2.44. The van der Waals surface area contributed by atoms with Crippen molar-refractivity contribution in [1.29, 1.82) is 0 Å². The van der Waals surface area contributed by atoms with E-state index in [1.54, 1.807) is 6.07 Å². The molecule has 0 bridgehead atoms. The van der Waals surface area contributed by atoms with Crippen molar-refractivity contribution in [3.8, 4) is 11.1 Å². The summed E-state index contributed by atoms with van der Waals surface area (Å²) < 4.78 is 14.4. The maximum Gasteiger partial charge on any atom is 0.131 e. The van der Waals surface area contributed by atoms with Gasteiger partial charge in [0.1, 0.15) is 5.82 Å². The molecule has 0 fully saturated rings. The zero-order chi connectivity index (χ0) is 15.0. The highest BCUT2D eigenvalue weighted by molar-refractivity contribution is 5.75. The van der Waals surface area contributed by atoms with Gasteiger partial charge in [0.25, 0.3) is 0 Å². The largest absolute Gasteiger partial charge is 0.326 e. The van der Waals surface area contributed by atoms with Crippen LogP contribution in [0.4, 0.5) is 4.39 Å². The Morgan fingerprint density at radius 3 is 1.80 bits per heavy atom. The van der Waals surface area contributed by atoms with Gasteiger partial charge >= 0.3 is 0 Å². The number of halogens is 1. The fraction of sp³-hybridized carbons (Fsp3) is 0.333. The fourth-order valence-corrected chi connectivity index (χ4v) is 2.79. The van der Waals surface area contributed by atoms with Gasteiger partial charge in [-0.3, -0.25) is 0 Å². The lowest BCUT2D eigenvalue weighted by Crippen LogP contribution is -2.02. The van der Waals surface area contributed by atoms with Crippen molar-refractivity contribution >= 4 is 0 Å². The maximum atomic E-state index is 14.4. The summed E-state index contributed by atoms with van der Waals surface area (Å²) in [6.07, 6.45) is 0. The van der Waals surface area contributed by atoms with Crippen molar-refractivity contribution in [2.45, 2.75) is 41.2 Å². The van der Waals surface area contributed by atoms with E-state index in [-0.39, 0.29) is 5.82 Å². The van der Waals surface area contributed by atoms with Crippen molar-refractivity contribution in [2.75, 3.05) is 0 Å². The number of benzene rings is 2. The third-order valence-corrected chi connectivity index (χ3v) is 4.54. The van der Waals surface area contributed by atoms with Crippen LogP contribution in [0, 0.1) is 40.4 Å². The molecule has 106 valence electrons. The van der Waals surface area contributed by atoms with Gasteiger partial charge in [-0.15, -0.1) is 0 Å². The third-order valence-electron chi connectivity index (χ3n) is 4.54. The minimum Gasteiger partial charge on any atom is -0.326 e. The second-order valence-electron chi connectivity index (χ2n) is 5.52. The zero-order valence-corrected chi connectivity index (χ0v) is 12.9. The molecule has 2 aromatic rings. The number of nitrogens with two attached hydrogens (primary N) is 1. The summed E-state index contributed by atoms with van der Waals surface area (Å²) in [6.45, 7) is 10.8. The molecule has 0 aliphatic carbocycles. The second-order valence-corrected chi connectivity index (χ2v) is 5.52. The van der Waals surface area contributed by atoms with Crippen molar-refractivity contribution < 1.29 is 4.39 Å². The standard InChI is InChI=1S/C18H22FN/c1-10-11(2)13(4)18(14(5)12(10)3)16-7-6-15(9-20)8-17(16)19/h6-8H,9,20H2,1-5H3. The Morgan fingerprint density at radius 2 is 1.35 bits per heavy atom. The lowest BCUT2D eigenvalue weighted by atomic mass is 9.86. The van der Waals surface area contributed by atoms with E-state index in [1.807, 2.05) is 12.1 Å². The minimum absolute atomic E-state index is 0.193. The third kappa shape index (κ3) is 2.25. The highest BCUT2D eigenvalue weighted by Crippen LogP contribution is 2.35. The predicted octanol–water partition coefficient (Wildman–Crippen LogP) is 4.49. The monoisotopic (exact) mass is 271 g/mol. The van der Waals surface area contributed by atoms with Gasteiger partial charge < -0.3 is 5.73 Å². The average molecular weight is 271 g/mol. The van der Waals surface area contributed by atoms with Gasteiger partial charge in [-0.25, -0.2) is 4.39 Å². The minimum atomic E-state index is -0.193. The number of hydrogen-bond acceptors (Lipinski definition) is 1. The molecule has 0 radical (unpaired) electrons. The Labute approximate surface area is 120 Å². The molecule has 0 amide bonds. The van der Waals surface area contributed by atoms with Crippen LogP contribution in [-0.4, -0.2) is 0 Å². The van der Waals surface area contributed by atoms with Crippen molar-refractivity contribution in [2.24, 2.45) is 5.73 Å². The van der Waals surface area contributed by atoms with Crippen LogP contribution >= 0.6 is 0 Å². The molecule has 2 heteroatoms. The van der Waals surface area contributed by atoms with Crippen LogP contribution in [0.15, 0.2) is 18.2 Å². The van der Waals surface area contributed by atoms with E-state index in [1.165, 1.54) is 16.7 Å². The van der Waals surface area contributed by atoms with Gasteiger partial charge in [0, 0.05) is 12.1 Å². The Hall–Kier alpha value is -1.67. The molecule has 2 N–H and O–H groups in total. The topological polar surface area (TPSA) is 26.0 Å².